The lowest BCUT2D eigenvalue weighted by Gasteiger charge is -2.30. The maximum atomic E-state index is 4.78. The van der Waals surface area contributed by atoms with Crippen molar-refractivity contribution in [1.82, 2.24) is 0 Å². The zero-order chi connectivity index (χ0) is 12.4. The van der Waals surface area contributed by atoms with Gasteiger partial charge in [-0.3, -0.25) is 15.0 Å². The average molecular weight is 245 g/mol. The fraction of sp³-hybridized carbons (Fsp3) is 0.800. The van der Waals surface area contributed by atoms with E-state index in [1.807, 2.05) is 0 Å². The molecule has 98 valence electrons. The van der Waals surface area contributed by atoms with Crippen LogP contribution in [0.5, 0.6) is 0 Å². The van der Waals surface area contributed by atoms with Crippen molar-refractivity contribution in [1.29, 1.82) is 0 Å². The van der Waals surface area contributed by atoms with E-state index >= 15 is 0 Å². The van der Waals surface area contributed by atoms with Crippen LogP contribution in [0.4, 0.5) is 0 Å². The van der Waals surface area contributed by atoms with Crippen LogP contribution in [0.1, 0.15) is 51.9 Å². The Labute approximate surface area is 110 Å². The Morgan fingerprint density at radius 1 is 0.833 bits per heavy atom. The fourth-order valence-electron chi connectivity index (χ4n) is 3.50. The summed E-state index contributed by atoms with van der Waals surface area (Å²) in [4.78, 5) is 14.2. The molecule has 0 saturated heterocycles. The summed E-state index contributed by atoms with van der Waals surface area (Å²) in [7, 11) is 0. The molecule has 0 aromatic carbocycles. The summed E-state index contributed by atoms with van der Waals surface area (Å²) in [6, 6.07) is 0. The van der Waals surface area contributed by atoms with Gasteiger partial charge in [-0.05, 0) is 45.4 Å². The third kappa shape index (κ3) is 2.15. The summed E-state index contributed by atoms with van der Waals surface area (Å²) < 4.78 is 0. The van der Waals surface area contributed by atoms with Crippen molar-refractivity contribution in [2.24, 2.45) is 20.4 Å². The molecule has 3 heterocycles. The molecule has 0 aliphatic carbocycles. The van der Waals surface area contributed by atoms with Gasteiger partial charge in [-0.15, -0.1) is 0 Å². The Kier molecular flexibility index (Phi) is 3.31. The van der Waals surface area contributed by atoms with Gasteiger partial charge in [0.1, 0.15) is 0 Å². The van der Waals surface area contributed by atoms with Crippen LogP contribution < -0.4 is 0 Å². The van der Waals surface area contributed by atoms with Crippen LogP contribution in [0, 0.1) is 5.41 Å². The normalized spacial score (nSPS) is 24.2. The Hall–Kier alpha value is -0.990. The largest absolute Gasteiger partial charge is 0.294 e. The van der Waals surface area contributed by atoms with Crippen LogP contribution in [0.2, 0.25) is 0 Å². The third-order valence-corrected chi connectivity index (χ3v) is 4.54. The monoisotopic (exact) mass is 245 g/mol. The SMILES string of the molecule is CC(CC1=NCCC1)(C1=NCCC1)C1=NCCC1. The zero-order valence-electron chi connectivity index (χ0n) is 11.4. The first-order valence-electron chi connectivity index (χ1n) is 7.39. The predicted octanol–water partition coefficient (Wildman–Crippen LogP) is 3.09. The minimum absolute atomic E-state index is 0.0934. The van der Waals surface area contributed by atoms with Crippen LogP contribution >= 0.6 is 0 Å². The molecule has 3 heteroatoms. The van der Waals surface area contributed by atoms with Crippen molar-refractivity contribution < 1.29 is 0 Å². The Bertz CT molecular complexity index is 393. The van der Waals surface area contributed by atoms with Gasteiger partial charge in [-0.25, -0.2) is 0 Å². The lowest BCUT2D eigenvalue weighted by molar-refractivity contribution is 0.649. The highest BCUT2D eigenvalue weighted by Gasteiger charge is 2.39. The highest BCUT2D eigenvalue weighted by Crippen LogP contribution is 2.36. The van der Waals surface area contributed by atoms with E-state index in [4.69, 9.17) is 9.98 Å². The Morgan fingerprint density at radius 3 is 1.83 bits per heavy atom. The number of hydrogen-bond acceptors (Lipinski definition) is 3. The molecule has 3 rings (SSSR count). The summed E-state index contributed by atoms with van der Waals surface area (Å²) in [5, 5.41) is 0. The van der Waals surface area contributed by atoms with Crippen molar-refractivity contribution in [3.05, 3.63) is 0 Å². The first-order chi connectivity index (χ1) is 8.79. The predicted molar refractivity (Wildman–Crippen MR) is 77.3 cm³/mol. The van der Waals surface area contributed by atoms with Crippen molar-refractivity contribution >= 4 is 17.1 Å². The molecule has 3 aliphatic rings. The molecule has 0 atom stereocenters. The lowest BCUT2D eigenvalue weighted by Crippen LogP contribution is -2.37. The molecule has 0 spiro atoms. The summed E-state index contributed by atoms with van der Waals surface area (Å²) in [5.41, 5.74) is 4.30. The van der Waals surface area contributed by atoms with E-state index in [0.29, 0.717) is 0 Å². The minimum atomic E-state index is 0.0934. The van der Waals surface area contributed by atoms with Gasteiger partial charge >= 0.3 is 0 Å². The first-order valence-corrected chi connectivity index (χ1v) is 7.39. The van der Waals surface area contributed by atoms with Gasteiger partial charge in [-0.1, -0.05) is 0 Å². The molecule has 0 radical (unpaired) electrons. The average Bonchev–Trinajstić information content (AvgIpc) is 3.13. The Morgan fingerprint density at radius 2 is 1.39 bits per heavy atom. The van der Waals surface area contributed by atoms with Crippen LogP contribution in [-0.2, 0) is 0 Å². The molecule has 0 bridgehead atoms. The van der Waals surface area contributed by atoms with E-state index in [1.165, 1.54) is 55.7 Å². The van der Waals surface area contributed by atoms with E-state index in [-0.39, 0.29) is 5.41 Å². The summed E-state index contributed by atoms with van der Waals surface area (Å²) in [5.74, 6) is 0. The Balaban J connectivity index is 1.86. The molecule has 0 unspecified atom stereocenters. The number of rotatable bonds is 4. The van der Waals surface area contributed by atoms with Crippen LogP contribution in [0.25, 0.3) is 0 Å². The van der Waals surface area contributed by atoms with Gasteiger partial charge in [0.05, 0.1) is 0 Å². The second kappa shape index (κ2) is 4.94. The van der Waals surface area contributed by atoms with Gasteiger partial charge in [0.25, 0.3) is 0 Å². The maximum absolute atomic E-state index is 4.78. The van der Waals surface area contributed by atoms with Gasteiger partial charge in [0, 0.05) is 48.6 Å². The molecule has 3 nitrogen and oxygen atoms in total. The van der Waals surface area contributed by atoms with Gasteiger partial charge in [0.15, 0.2) is 0 Å². The van der Waals surface area contributed by atoms with E-state index in [2.05, 4.69) is 11.9 Å². The van der Waals surface area contributed by atoms with Crippen molar-refractivity contribution in [2.45, 2.75) is 51.9 Å². The van der Waals surface area contributed by atoms with Crippen molar-refractivity contribution in [3.63, 3.8) is 0 Å². The third-order valence-electron chi connectivity index (χ3n) is 4.54. The highest BCUT2D eigenvalue weighted by molar-refractivity contribution is 6.15. The second-order valence-electron chi connectivity index (χ2n) is 5.92. The minimum Gasteiger partial charge on any atom is -0.294 e. The molecule has 0 fully saturated rings. The molecule has 18 heavy (non-hydrogen) atoms. The fourth-order valence-corrected chi connectivity index (χ4v) is 3.50. The number of hydrogen-bond donors (Lipinski definition) is 0. The lowest BCUT2D eigenvalue weighted by atomic mass is 9.73. The molecule has 0 aromatic heterocycles. The smallest absolute Gasteiger partial charge is 0.0484 e. The van der Waals surface area contributed by atoms with Gasteiger partial charge in [0.2, 0.25) is 0 Å². The maximum Gasteiger partial charge on any atom is 0.0484 e. The van der Waals surface area contributed by atoms with Crippen LogP contribution in [0.3, 0.4) is 0 Å². The van der Waals surface area contributed by atoms with Crippen LogP contribution in [0.15, 0.2) is 15.0 Å². The molecule has 0 saturated carbocycles. The van der Waals surface area contributed by atoms with E-state index in [0.717, 1.165) is 26.1 Å². The van der Waals surface area contributed by atoms with Crippen molar-refractivity contribution in [3.8, 4) is 0 Å². The van der Waals surface area contributed by atoms with E-state index in [9.17, 15) is 0 Å². The van der Waals surface area contributed by atoms with Gasteiger partial charge in [-0.2, -0.15) is 0 Å². The topological polar surface area (TPSA) is 37.1 Å². The molecule has 0 aromatic rings. The molecule has 0 N–H and O–H groups in total. The first kappa shape index (κ1) is 12.1. The zero-order valence-corrected chi connectivity index (χ0v) is 11.4. The molecule has 3 aliphatic heterocycles. The van der Waals surface area contributed by atoms with Gasteiger partial charge < -0.3 is 0 Å². The number of nitrogens with zero attached hydrogens (tertiary/aromatic N) is 3. The quantitative estimate of drug-likeness (QED) is 0.730. The summed E-state index contributed by atoms with van der Waals surface area (Å²) >= 11 is 0. The standard InChI is InChI=1S/C15H23N3/c1-15(13-6-3-9-17-13,14-7-4-10-18-14)11-12-5-2-8-16-12/h2-11H2,1H3. The second-order valence-corrected chi connectivity index (χ2v) is 5.92. The molecular formula is C15H23N3. The van der Waals surface area contributed by atoms with E-state index in [1.54, 1.807) is 0 Å². The van der Waals surface area contributed by atoms with E-state index < -0.39 is 0 Å². The molecular weight excluding hydrogens is 222 g/mol. The van der Waals surface area contributed by atoms with Crippen LogP contribution in [-0.4, -0.2) is 36.8 Å². The highest BCUT2D eigenvalue weighted by atomic mass is 14.9. The number of aliphatic imine (C=N–C) groups is 3. The summed E-state index contributed by atoms with van der Waals surface area (Å²) in [6.45, 7) is 5.43. The van der Waals surface area contributed by atoms with Crippen molar-refractivity contribution in [2.75, 3.05) is 19.6 Å². The molecule has 0 amide bonds. The summed E-state index contributed by atoms with van der Waals surface area (Å²) in [6.07, 6.45) is 8.30.